The Morgan fingerprint density at radius 3 is 2.30 bits per heavy atom. The van der Waals surface area contributed by atoms with Crippen molar-refractivity contribution < 1.29 is 0 Å². The van der Waals surface area contributed by atoms with E-state index in [0.29, 0.717) is 0 Å². The first-order valence-corrected chi connectivity index (χ1v) is 7.09. The van der Waals surface area contributed by atoms with Crippen LogP contribution in [-0.2, 0) is 5.41 Å². The fourth-order valence-corrected chi connectivity index (χ4v) is 2.77. The van der Waals surface area contributed by atoms with Crippen molar-refractivity contribution in [2.75, 3.05) is 0 Å². The van der Waals surface area contributed by atoms with E-state index in [9.17, 15) is 0 Å². The van der Waals surface area contributed by atoms with Gasteiger partial charge in [-0.25, -0.2) is 0 Å². The molecule has 0 spiro atoms. The Labute approximate surface area is 120 Å². The van der Waals surface area contributed by atoms with E-state index >= 15 is 0 Å². The molecule has 0 nitrogen and oxygen atoms in total. The molecule has 0 saturated heterocycles. The predicted octanol–water partition coefficient (Wildman–Crippen LogP) is 5.93. The van der Waals surface area contributed by atoms with E-state index in [1.54, 1.807) is 0 Å². The zero-order chi connectivity index (χ0) is 14.3. The van der Waals surface area contributed by atoms with Crippen LogP contribution in [0.2, 0.25) is 0 Å². The first-order chi connectivity index (χ1) is 9.50. The standard InChI is InChI=1S/C20H20/c1-5-14-12-17(20(2,3)4)13-16-11-10-15-8-6-7-9-18(15)19(14)16/h5-13H,1H2,2-4H3. The molecule has 0 fully saturated rings. The quantitative estimate of drug-likeness (QED) is 0.475. The summed E-state index contributed by atoms with van der Waals surface area (Å²) in [4.78, 5) is 0. The summed E-state index contributed by atoms with van der Waals surface area (Å²) < 4.78 is 0. The lowest BCUT2D eigenvalue weighted by Gasteiger charge is -2.21. The molecule has 100 valence electrons. The van der Waals surface area contributed by atoms with Gasteiger partial charge in [0.2, 0.25) is 0 Å². The van der Waals surface area contributed by atoms with Gasteiger partial charge in [0.15, 0.2) is 0 Å². The molecular weight excluding hydrogens is 240 g/mol. The number of hydrogen-bond donors (Lipinski definition) is 0. The minimum atomic E-state index is 0.150. The predicted molar refractivity (Wildman–Crippen MR) is 90.2 cm³/mol. The minimum Gasteiger partial charge on any atom is -0.0984 e. The third-order valence-corrected chi connectivity index (χ3v) is 3.96. The van der Waals surface area contributed by atoms with Crippen LogP contribution in [0.25, 0.3) is 27.6 Å². The molecule has 0 unspecified atom stereocenters. The summed E-state index contributed by atoms with van der Waals surface area (Å²) in [6, 6.07) is 17.6. The molecule has 3 rings (SSSR count). The average molecular weight is 260 g/mol. The molecule has 0 aliphatic heterocycles. The largest absolute Gasteiger partial charge is 0.0984 e. The van der Waals surface area contributed by atoms with Crippen LogP contribution in [0.5, 0.6) is 0 Å². The van der Waals surface area contributed by atoms with Crippen molar-refractivity contribution in [3.63, 3.8) is 0 Å². The Morgan fingerprint density at radius 1 is 0.900 bits per heavy atom. The maximum absolute atomic E-state index is 4.01. The van der Waals surface area contributed by atoms with Crippen molar-refractivity contribution in [1.82, 2.24) is 0 Å². The molecular formula is C20H20. The van der Waals surface area contributed by atoms with E-state index in [2.05, 4.69) is 75.9 Å². The Bertz CT molecular complexity index is 801. The normalized spacial score (nSPS) is 11.9. The zero-order valence-electron chi connectivity index (χ0n) is 12.4. The van der Waals surface area contributed by atoms with Gasteiger partial charge in [0.05, 0.1) is 0 Å². The first kappa shape index (κ1) is 12.9. The Kier molecular flexibility index (Phi) is 2.90. The van der Waals surface area contributed by atoms with E-state index in [4.69, 9.17) is 0 Å². The van der Waals surface area contributed by atoms with Crippen LogP contribution in [0.3, 0.4) is 0 Å². The van der Waals surface area contributed by atoms with Gasteiger partial charge in [-0.1, -0.05) is 82.0 Å². The van der Waals surface area contributed by atoms with Crippen molar-refractivity contribution in [2.24, 2.45) is 0 Å². The molecule has 0 atom stereocenters. The van der Waals surface area contributed by atoms with Gasteiger partial charge in [0.25, 0.3) is 0 Å². The summed E-state index contributed by atoms with van der Waals surface area (Å²) in [5, 5.41) is 5.20. The molecule has 0 radical (unpaired) electrons. The smallest absolute Gasteiger partial charge is 0.00328 e. The van der Waals surface area contributed by atoms with Crippen molar-refractivity contribution in [1.29, 1.82) is 0 Å². The molecule has 20 heavy (non-hydrogen) atoms. The van der Waals surface area contributed by atoms with Gasteiger partial charge in [-0.3, -0.25) is 0 Å². The summed E-state index contributed by atoms with van der Waals surface area (Å²) in [6.07, 6.45) is 1.98. The topological polar surface area (TPSA) is 0 Å². The average Bonchev–Trinajstić information content (AvgIpc) is 2.44. The number of benzene rings is 3. The monoisotopic (exact) mass is 260 g/mol. The van der Waals surface area contributed by atoms with Gasteiger partial charge in [-0.05, 0) is 38.1 Å². The molecule has 0 aliphatic carbocycles. The molecule has 0 aliphatic rings. The highest BCUT2D eigenvalue weighted by atomic mass is 14.2. The molecule has 0 N–H and O–H groups in total. The molecule has 0 bridgehead atoms. The van der Waals surface area contributed by atoms with Crippen LogP contribution < -0.4 is 0 Å². The summed E-state index contributed by atoms with van der Waals surface area (Å²) >= 11 is 0. The molecule has 0 amide bonds. The number of hydrogen-bond acceptors (Lipinski definition) is 0. The lowest BCUT2D eigenvalue weighted by Crippen LogP contribution is -2.11. The van der Waals surface area contributed by atoms with Crippen LogP contribution in [0.15, 0.2) is 55.1 Å². The first-order valence-electron chi connectivity index (χ1n) is 7.09. The number of rotatable bonds is 1. The van der Waals surface area contributed by atoms with Crippen LogP contribution in [-0.4, -0.2) is 0 Å². The second-order valence-corrected chi connectivity index (χ2v) is 6.40. The highest BCUT2D eigenvalue weighted by Gasteiger charge is 2.16. The van der Waals surface area contributed by atoms with Crippen molar-refractivity contribution in [3.8, 4) is 0 Å². The Balaban J connectivity index is 2.47. The summed E-state index contributed by atoms with van der Waals surface area (Å²) in [6.45, 7) is 10.8. The second-order valence-electron chi connectivity index (χ2n) is 6.40. The summed E-state index contributed by atoms with van der Waals surface area (Å²) in [7, 11) is 0. The number of fused-ring (bicyclic) bond motifs is 3. The van der Waals surface area contributed by atoms with Gasteiger partial charge in [-0.2, -0.15) is 0 Å². The SMILES string of the molecule is C=Cc1cc(C(C)(C)C)cc2ccc3ccccc3c12. The summed E-state index contributed by atoms with van der Waals surface area (Å²) in [5.74, 6) is 0. The van der Waals surface area contributed by atoms with Crippen molar-refractivity contribution in [3.05, 3.63) is 66.2 Å². The molecule has 0 saturated carbocycles. The Morgan fingerprint density at radius 2 is 1.60 bits per heavy atom. The third-order valence-electron chi connectivity index (χ3n) is 3.96. The van der Waals surface area contributed by atoms with Gasteiger partial charge in [-0.15, -0.1) is 0 Å². The maximum Gasteiger partial charge on any atom is -0.00328 e. The maximum atomic E-state index is 4.01. The van der Waals surface area contributed by atoms with Gasteiger partial charge < -0.3 is 0 Å². The second kappa shape index (κ2) is 4.49. The molecule has 0 aromatic heterocycles. The van der Waals surface area contributed by atoms with Crippen LogP contribution in [0, 0.1) is 0 Å². The highest BCUT2D eigenvalue weighted by molar-refractivity contribution is 6.11. The molecule has 3 aromatic carbocycles. The zero-order valence-corrected chi connectivity index (χ0v) is 12.4. The van der Waals surface area contributed by atoms with Crippen molar-refractivity contribution in [2.45, 2.75) is 26.2 Å². The fourth-order valence-electron chi connectivity index (χ4n) is 2.77. The van der Waals surface area contributed by atoms with Gasteiger partial charge in [0, 0.05) is 0 Å². The van der Waals surface area contributed by atoms with Crippen LogP contribution in [0.1, 0.15) is 31.9 Å². The minimum absolute atomic E-state index is 0.150. The summed E-state index contributed by atoms with van der Waals surface area (Å²) in [5.41, 5.74) is 2.73. The molecule has 0 heterocycles. The van der Waals surface area contributed by atoms with Gasteiger partial charge >= 0.3 is 0 Å². The van der Waals surface area contributed by atoms with Crippen LogP contribution in [0.4, 0.5) is 0 Å². The molecule has 0 heteroatoms. The van der Waals surface area contributed by atoms with Gasteiger partial charge in [0.1, 0.15) is 0 Å². The van der Waals surface area contributed by atoms with E-state index in [-0.39, 0.29) is 5.41 Å². The lowest BCUT2D eigenvalue weighted by atomic mass is 9.83. The van der Waals surface area contributed by atoms with Crippen molar-refractivity contribution >= 4 is 27.6 Å². The Hall–Kier alpha value is -2.08. The lowest BCUT2D eigenvalue weighted by molar-refractivity contribution is 0.591. The van der Waals surface area contributed by atoms with E-state index < -0.39 is 0 Å². The van der Waals surface area contributed by atoms with E-state index in [1.807, 2.05) is 6.08 Å². The van der Waals surface area contributed by atoms with E-state index in [0.717, 1.165) is 0 Å². The van der Waals surface area contributed by atoms with E-state index in [1.165, 1.54) is 32.7 Å². The van der Waals surface area contributed by atoms with Crippen LogP contribution >= 0.6 is 0 Å². The highest BCUT2D eigenvalue weighted by Crippen LogP contribution is 2.33. The fraction of sp³-hybridized carbons (Fsp3) is 0.200. The third kappa shape index (κ3) is 2.02. The molecule has 3 aromatic rings.